The van der Waals surface area contributed by atoms with Crippen molar-refractivity contribution in [2.75, 3.05) is 0 Å². The Balaban J connectivity index is 1.20. The third-order valence-electron chi connectivity index (χ3n) is 11.0. The summed E-state index contributed by atoms with van der Waals surface area (Å²) >= 11 is 3.52. The topological polar surface area (TPSA) is 61.4 Å². The molecular weight excluding hydrogens is 677 g/mol. The zero-order valence-corrected chi connectivity index (χ0v) is 31.5. The Bertz CT molecular complexity index is 2550. The molecular formula is C44H36N6S2. The molecule has 254 valence electrons. The molecule has 6 nitrogen and oxygen atoms in total. The summed E-state index contributed by atoms with van der Waals surface area (Å²) in [5, 5.41) is 0. The Labute approximate surface area is 311 Å². The van der Waals surface area contributed by atoms with Crippen molar-refractivity contribution < 1.29 is 0 Å². The second-order valence-electron chi connectivity index (χ2n) is 15.0. The van der Waals surface area contributed by atoms with Crippen LogP contribution in [0.25, 0.3) is 66.7 Å². The minimum Gasteiger partial charge on any atom is -0.296 e. The molecule has 0 radical (unpaired) electrons. The number of hydrogen-bond donors (Lipinski definition) is 0. The Morgan fingerprint density at radius 3 is 1.37 bits per heavy atom. The average molecular weight is 713 g/mol. The second kappa shape index (κ2) is 11.0. The Morgan fingerprint density at radius 1 is 0.519 bits per heavy atom. The highest BCUT2D eigenvalue weighted by atomic mass is 32.1. The van der Waals surface area contributed by atoms with Crippen LogP contribution < -0.4 is 0 Å². The second-order valence-corrected chi connectivity index (χ2v) is 17.5. The molecule has 8 aromatic rings. The van der Waals surface area contributed by atoms with Gasteiger partial charge in [-0.3, -0.25) is 19.1 Å². The largest absolute Gasteiger partial charge is 0.296 e. The third kappa shape index (κ3) is 4.53. The highest BCUT2D eigenvalue weighted by Gasteiger charge is 2.38. The molecule has 0 fully saturated rings. The van der Waals surface area contributed by atoms with Crippen LogP contribution in [0.3, 0.4) is 0 Å². The van der Waals surface area contributed by atoms with Crippen molar-refractivity contribution >= 4 is 22.7 Å². The molecule has 0 saturated carbocycles. The predicted octanol–water partition coefficient (Wildman–Crippen LogP) is 11.2. The van der Waals surface area contributed by atoms with E-state index in [1.807, 2.05) is 24.5 Å². The first-order chi connectivity index (χ1) is 25.1. The van der Waals surface area contributed by atoms with Gasteiger partial charge in [-0.25, -0.2) is 9.97 Å². The SMILES string of the molecule is Cc1ccc(-c2cn(-c3ccc4c(c3)C(C)(C)c3cccnc3-4)c(-c3nc(-c4ccc(C)s4)cn3-c3ccc4c(c3)C(C)(C)c3cccnc3-4)n2)s1. The van der Waals surface area contributed by atoms with E-state index < -0.39 is 0 Å². The fourth-order valence-electron chi connectivity index (χ4n) is 8.20. The molecule has 0 bridgehead atoms. The number of aryl methyl sites for hydroxylation is 2. The van der Waals surface area contributed by atoms with Gasteiger partial charge >= 0.3 is 0 Å². The van der Waals surface area contributed by atoms with Crippen molar-refractivity contribution in [3.05, 3.63) is 142 Å². The van der Waals surface area contributed by atoms with E-state index in [1.54, 1.807) is 22.7 Å². The van der Waals surface area contributed by atoms with Crippen LogP contribution in [0, 0.1) is 13.8 Å². The van der Waals surface area contributed by atoms with Crippen molar-refractivity contribution in [3.63, 3.8) is 0 Å². The molecule has 52 heavy (non-hydrogen) atoms. The van der Waals surface area contributed by atoms with Crippen molar-refractivity contribution in [1.82, 2.24) is 29.1 Å². The summed E-state index contributed by atoms with van der Waals surface area (Å²) < 4.78 is 4.47. The van der Waals surface area contributed by atoms with Crippen molar-refractivity contribution in [2.45, 2.75) is 52.4 Å². The standard InChI is InChI=1S/C44H36N6S2/c1-25-11-17-37(51-25)35-23-49(27-13-15-29-33(21-27)43(3,4)31-9-7-19-45-39(29)31)41(47-35)42-48-36(38-18-12-26(2)52-38)24-50(42)28-14-16-30-34(22-28)44(5,6)32-10-8-20-46-40(30)32/h7-24H,1-6H3. The molecule has 2 aliphatic rings. The van der Waals surface area contributed by atoms with Crippen LogP contribution >= 0.6 is 22.7 Å². The van der Waals surface area contributed by atoms with E-state index in [0.29, 0.717) is 0 Å². The minimum absolute atomic E-state index is 0.185. The molecule has 10 rings (SSSR count). The molecule has 6 aromatic heterocycles. The molecule has 0 N–H and O–H groups in total. The van der Waals surface area contributed by atoms with Crippen LogP contribution in [0.5, 0.6) is 0 Å². The maximum Gasteiger partial charge on any atom is 0.182 e. The average Bonchev–Trinajstić information content (AvgIpc) is 4.00. The first-order valence-corrected chi connectivity index (χ1v) is 19.3. The number of hydrogen-bond acceptors (Lipinski definition) is 6. The maximum atomic E-state index is 5.41. The Kier molecular flexibility index (Phi) is 6.64. The lowest BCUT2D eigenvalue weighted by Gasteiger charge is -2.22. The number of aromatic nitrogens is 6. The number of benzene rings is 2. The van der Waals surface area contributed by atoms with Gasteiger partial charge in [0.05, 0.1) is 32.5 Å². The number of pyridine rings is 2. The molecule has 0 spiro atoms. The molecule has 2 aliphatic carbocycles. The lowest BCUT2D eigenvalue weighted by molar-refractivity contribution is 0.658. The molecule has 0 amide bonds. The summed E-state index contributed by atoms with van der Waals surface area (Å²) in [5.41, 5.74) is 13.1. The van der Waals surface area contributed by atoms with Crippen LogP contribution in [-0.4, -0.2) is 29.1 Å². The van der Waals surface area contributed by atoms with Gasteiger partial charge in [0.2, 0.25) is 0 Å². The van der Waals surface area contributed by atoms with E-state index in [9.17, 15) is 0 Å². The first-order valence-electron chi connectivity index (χ1n) is 17.6. The molecule has 2 aromatic carbocycles. The quantitative estimate of drug-likeness (QED) is 0.178. The summed E-state index contributed by atoms with van der Waals surface area (Å²) in [6.07, 6.45) is 8.14. The fraction of sp³-hybridized carbons (Fsp3) is 0.182. The van der Waals surface area contributed by atoms with Gasteiger partial charge in [-0.15, -0.1) is 22.7 Å². The van der Waals surface area contributed by atoms with E-state index in [0.717, 1.165) is 55.6 Å². The summed E-state index contributed by atoms with van der Waals surface area (Å²) in [6.45, 7) is 13.5. The highest BCUT2D eigenvalue weighted by Crippen LogP contribution is 2.50. The van der Waals surface area contributed by atoms with Gasteiger partial charge in [-0.1, -0.05) is 52.0 Å². The van der Waals surface area contributed by atoms with E-state index in [2.05, 4.69) is 136 Å². The normalized spacial score (nSPS) is 14.7. The Morgan fingerprint density at radius 2 is 0.962 bits per heavy atom. The minimum atomic E-state index is -0.185. The molecule has 0 unspecified atom stereocenters. The van der Waals surface area contributed by atoms with E-state index in [1.165, 1.54) is 43.1 Å². The summed E-state index contributed by atoms with van der Waals surface area (Å²) in [7, 11) is 0. The van der Waals surface area contributed by atoms with E-state index >= 15 is 0 Å². The zero-order chi connectivity index (χ0) is 35.5. The van der Waals surface area contributed by atoms with Gasteiger partial charge < -0.3 is 0 Å². The fourth-order valence-corrected chi connectivity index (χ4v) is 9.85. The molecule has 6 heterocycles. The van der Waals surface area contributed by atoms with Gasteiger partial charge in [-0.2, -0.15) is 0 Å². The van der Waals surface area contributed by atoms with Crippen LogP contribution in [0.2, 0.25) is 0 Å². The van der Waals surface area contributed by atoms with Crippen LogP contribution in [-0.2, 0) is 10.8 Å². The lowest BCUT2D eigenvalue weighted by Crippen LogP contribution is -2.15. The predicted molar refractivity (Wildman–Crippen MR) is 213 cm³/mol. The molecule has 0 saturated heterocycles. The van der Waals surface area contributed by atoms with E-state index in [-0.39, 0.29) is 10.8 Å². The first kappa shape index (κ1) is 31.3. The summed E-state index contributed by atoms with van der Waals surface area (Å²) in [5.74, 6) is 1.58. The maximum absolute atomic E-state index is 5.41. The van der Waals surface area contributed by atoms with E-state index in [4.69, 9.17) is 19.9 Å². The summed E-state index contributed by atoms with van der Waals surface area (Å²) in [6, 6.07) is 30.7. The number of imidazole rings is 2. The smallest absolute Gasteiger partial charge is 0.182 e. The van der Waals surface area contributed by atoms with Crippen LogP contribution in [0.1, 0.15) is 59.7 Å². The number of thiophene rings is 2. The number of rotatable bonds is 5. The molecule has 0 atom stereocenters. The van der Waals surface area contributed by atoms with Crippen LogP contribution in [0.4, 0.5) is 0 Å². The monoisotopic (exact) mass is 712 g/mol. The number of fused-ring (bicyclic) bond motifs is 6. The summed E-state index contributed by atoms with van der Waals surface area (Å²) in [4.78, 5) is 25.2. The highest BCUT2D eigenvalue weighted by molar-refractivity contribution is 7.15. The van der Waals surface area contributed by atoms with Gasteiger partial charge in [-0.05, 0) is 96.8 Å². The Hall–Kier alpha value is -5.44. The number of nitrogens with zero attached hydrogens (tertiary/aromatic N) is 6. The molecule has 8 heteroatoms. The van der Waals surface area contributed by atoms with Gasteiger partial charge in [0, 0.05) is 67.9 Å². The molecule has 0 aliphatic heterocycles. The van der Waals surface area contributed by atoms with Crippen molar-refractivity contribution in [3.8, 4) is 66.7 Å². The van der Waals surface area contributed by atoms with Crippen LogP contribution in [0.15, 0.2) is 110 Å². The lowest BCUT2D eigenvalue weighted by atomic mass is 9.82. The zero-order valence-electron chi connectivity index (χ0n) is 29.9. The van der Waals surface area contributed by atoms with Crippen molar-refractivity contribution in [1.29, 1.82) is 0 Å². The third-order valence-corrected chi connectivity index (χ3v) is 13.0. The van der Waals surface area contributed by atoms with Crippen molar-refractivity contribution in [2.24, 2.45) is 0 Å². The van der Waals surface area contributed by atoms with Gasteiger partial charge in [0.15, 0.2) is 11.6 Å². The van der Waals surface area contributed by atoms with Gasteiger partial charge in [0.1, 0.15) is 0 Å². The van der Waals surface area contributed by atoms with Gasteiger partial charge in [0.25, 0.3) is 0 Å².